The lowest BCUT2D eigenvalue weighted by Gasteiger charge is -2.29. The number of fused-ring (bicyclic) bond motifs is 1. The van der Waals surface area contributed by atoms with E-state index < -0.39 is 0 Å². The summed E-state index contributed by atoms with van der Waals surface area (Å²) in [7, 11) is 0. The summed E-state index contributed by atoms with van der Waals surface area (Å²) in [6.07, 6.45) is 5.45. The van der Waals surface area contributed by atoms with Crippen LogP contribution < -0.4 is 4.90 Å². The van der Waals surface area contributed by atoms with Crippen molar-refractivity contribution in [2.24, 2.45) is 5.92 Å². The van der Waals surface area contributed by atoms with Crippen molar-refractivity contribution in [1.82, 2.24) is 9.55 Å². The van der Waals surface area contributed by atoms with Crippen LogP contribution in [0.25, 0.3) is 0 Å². The molecule has 4 heteroatoms. The van der Waals surface area contributed by atoms with Crippen LogP contribution in [0.1, 0.15) is 19.2 Å². The molecule has 0 N–H and O–H groups in total. The highest BCUT2D eigenvalue weighted by Crippen LogP contribution is 2.24. The van der Waals surface area contributed by atoms with Gasteiger partial charge in [0, 0.05) is 43.5 Å². The summed E-state index contributed by atoms with van der Waals surface area (Å²) in [5, 5.41) is 0. The van der Waals surface area contributed by atoms with Gasteiger partial charge in [-0.2, -0.15) is 0 Å². The molecular weight excluding hydrogens is 250 g/mol. The molecule has 3 rings (SSSR count). The van der Waals surface area contributed by atoms with Gasteiger partial charge in [0.05, 0.1) is 0 Å². The van der Waals surface area contributed by atoms with E-state index >= 15 is 0 Å². The third kappa shape index (κ3) is 2.33. The van der Waals surface area contributed by atoms with Crippen molar-refractivity contribution >= 4 is 11.6 Å². The zero-order valence-electron chi connectivity index (χ0n) is 11.7. The van der Waals surface area contributed by atoms with Gasteiger partial charge in [-0.1, -0.05) is 18.2 Å². The smallest absolute Gasteiger partial charge is 0.230 e. The molecular formula is C16H19N3O. The molecule has 104 valence electrons. The topological polar surface area (TPSA) is 38.1 Å². The van der Waals surface area contributed by atoms with Crippen LogP contribution in [0.2, 0.25) is 0 Å². The summed E-state index contributed by atoms with van der Waals surface area (Å²) in [6.45, 7) is 3.61. The largest absolute Gasteiger partial charge is 0.335 e. The van der Waals surface area contributed by atoms with Crippen molar-refractivity contribution in [3.8, 4) is 0 Å². The van der Waals surface area contributed by atoms with Crippen LogP contribution in [0.4, 0.5) is 5.69 Å². The third-order valence-corrected chi connectivity index (χ3v) is 3.95. The van der Waals surface area contributed by atoms with E-state index in [1.54, 1.807) is 0 Å². The van der Waals surface area contributed by atoms with E-state index in [1.165, 1.54) is 0 Å². The zero-order chi connectivity index (χ0) is 13.9. The number of rotatable bonds is 3. The Morgan fingerprint density at radius 1 is 1.40 bits per heavy atom. The second-order valence-corrected chi connectivity index (χ2v) is 5.14. The number of para-hydroxylation sites is 1. The second-order valence-electron chi connectivity index (χ2n) is 5.14. The molecule has 1 atom stereocenters. The predicted molar refractivity (Wildman–Crippen MR) is 78.5 cm³/mol. The Balaban J connectivity index is 1.78. The van der Waals surface area contributed by atoms with Gasteiger partial charge in [-0.3, -0.25) is 4.79 Å². The Kier molecular flexibility index (Phi) is 3.54. The lowest BCUT2D eigenvalue weighted by Crippen LogP contribution is -2.39. The molecule has 1 amide bonds. The maximum Gasteiger partial charge on any atom is 0.230 e. The maximum atomic E-state index is 12.8. The number of aromatic nitrogens is 2. The molecule has 0 spiro atoms. The first-order chi connectivity index (χ1) is 9.79. The number of aryl methyl sites for hydroxylation is 1. The minimum Gasteiger partial charge on any atom is -0.335 e. The minimum absolute atomic E-state index is 0.0463. The summed E-state index contributed by atoms with van der Waals surface area (Å²) >= 11 is 0. The summed E-state index contributed by atoms with van der Waals surface area (Å²) in [5.74, 6) is 1.29. The Labute approximate surface area is 119 Å². The van der Waals surface area contributed by atoms with E-state index in [-0.39, 0.29) is 11.8 Å². The van der Waals surface area contributed by atoms with Crippen molar-refractivity contribution in [1.29, 1.82) is 0 Å². The van der Waals surface area contributed by atoms with Crippen LogP contribution in [0.3, 0.4) is 0 Å². The van der Waals surface area contributed by atoms with Crippen molar-refractivity contribution in [3.63, 3.8) is 0 Å². The molecule has 4 nitrogen and oxygen atoms in total. The van der Waals surface area contributed by atoms with Gasteiger partial charge in [-0.05, 0) is 25.5 Å². The fourth-order valence-corrected chi connectivity index (χ4v) is 2.86. The van der Waals surface area contributed by atoms with E-state index in [4.69, 9.17) is 0 Å². The molecule has 0 radical (unpaired) electrons. The number of benzene rings is 1. The normalized spacial score (nSPS) is 17.6. The molecule has 0 aliphatic carbocycles. The molecule has 20 heavy (non-hydrogen) atoms. The van der Waals surface area contributed by atoms with Gasteiger partial charge in [-0.25, -0.2) is 4.98 Å². The highest BCUT2D eigenvalue weighted by molar-refractivity contribution is 5.95. The summed E-state index contributed by atoms with van der Waals surface area (Å²) in [6, 6.07) is 9.90. The van der Waals surface area contributed by atoms with E-state index in [0.717, 1.165) is 30.9 Å². The Morgan fingerprint density at radius 2 is 2.20 bits per heavy atom. The molecule has 1 aliphatic rings. The highest BCUT2D eigenvalue weighted by Gasteiger charge is 2.28. The van der Waals surface area contributed by atoms with Gasteiger partial charge in [-0.15, -0.1) is 0 Å². The number of hydrogen-bond donors (Lipinski definition) is 0. The van der Waals surface area contributed by atoms with Crippen molar-refractivity contribution in [3.05, 3.63) is 48.5 Å². The number of carbonyl (C=O) groups excluding carboxylic acids is 1. The first-order valence-corrected chi connectivity index (χ1v) is 7.16. The zero-order valence-corrected chi connectivity index (χ0v) is 11.7. The summed E-state index contributed by atoms with van der Waals surface area (Å²) < 4.78 is 2.14. The Morgan fingerprint density at radius 3 is 2.95 bits per heavy atom. The van der Waals surface area contributed by atoms with Gasteiger partial charge < -0.3 is 9.47 Å². The Bertz CT molecular complexity index is 591. The molecule has 0 saturated heterocycles. The van der Waals surface area contributed by atoms with Crippen LogP contribution in [-0.2, 0) is 17.8 Å². The molecule has 1 aromatic carbocycles. The molecule has 0 fully saturated rings. The van der Waals surface area contributed by atoms with Crippen LogP contribution in [0, 0.1) is 5.92 Å². The van der Waals surface area contributed by atoms with Crippen molar-refractivity contribution in [2.45, 2.75) is 26.3 Å². The summed E-state index contributed by atoms with van der Waals surface area (Å²) in [5.41, 5.74) is 0.980. The molecule has 0 bridgehead atoms. The molecule has 1 unspecified atom stereocenters. The molecule has 0 saturated carbocycles. The third-order valence-electron chi connectivity index (χ3n) is 3.95. The van der Waals surface area contributed by atoms with E-state index in [9.17, 15) is 4.79 Å². The number of carbonyl (C=O) groups is 1. The lowest BCUT2D eigenvalue weighted by atomic mass is 9.96. The average Bonchev–Trinajstić information content (AvgIpc) is 2.96. The van der Waals surface area contributed by atoms with E-state index in [0.29, 0.717) is 6.54 Å². The number of imidazole rings is 1. The number of nitrogens with zero attached hydrogens (tertiary/aromatic N) is 3. The molecule has 1 aromatic heterocycles. The van der Waals surface area contributed by atoms with Crippen LogP contribution in [0.15, 0.2) is 42.7 Å². The first-order valence-electron chi connectivity index (χ1n) is 7.16. The van der Waals surface area contributed by atoms with Gasteiger partial charge in [0.1, 0.15) is 5.82 Å². The first kappa shape index (κ1) is 12.9. The van der Waals surface area contributed by atoms with Crippen molar-refractivity contribution in [2.75, 3.05) is 11.4 Å². The van der Waals surface area contributed by atoms with Crippen molar-refractivity contribution < 1.29 is 4.79 Å². The molecule has 2 aromatic rings. The van der Waals surface area contributed by atoms with Gasteiger partial charge in [0.15, 0.2) is 0 Å². The second kappa shape index (κ2) is 5.49. The van der Waals surface area contributed by atoms with E-state index in [2.05, 4.69) is 9.55 Å². The van der Waals surface area contributed by atoms with E-state index in [1.807, 2.05) is 54.5 Å². The quantitative estimate of drug-likeness (QED) is 0.858. The summed E-state index contributed by atoms with van der Waals surface area (Å²) in [4.78, 5) is 19.0. The van der Waals surface area contributed by atoms with Gasteiger partial charge >= 0.3 is 0 Å². The van der Waals surface area contributed by atoms with Gasteiger partial charge in [0.25, 0.3) is 0 Å². The molecule has 1 aliphatic heterocycles. The molecule has 2 heterocycles. The fraction of sp³-hybridized carbons (Fsp3) is 0.375. The lowest BCUT2D eigenvalue weighted by molar-refractivity contribution is -0.123. The van der Waals surface area contributed by atoms with Crippen LogP contribution in [0.5, 0.6) is 0 Å². The number of hydrogen-bond acceptors (Lipinski definition) is 2. The monoisotopic (exact) mass is 269 g/mol. The fourth-order valence-electron chi connectivity index (χ4n) is 2.86. The van der Waals surface area contributed by atoms with Crippen LogP contribution in [-0.4, -0.2) is 22.0 Å². The highest BCUT2D eigenvalue weighted by atomic mass is 16.2. The number of anilines is 1. The maximum absolute atomic E-state index is 12.8. The van der Waals surface area contributed by atoms with Gasteiger partial charge in [0.2, 0.25) is 5.91 Å². The van der Waals surface area contributed by atoms with Crippen LogP contribution >= 0.6 is 0 Å². The SMILES string of the molecule is CCN(C(=O)C1CCn2ccnc2C1)c1ccccc1. The minimum atomic E-state index is 0.0463. The standard InChI is InChI=1S/C16H19N3O/c1-2-19(14-6-4-3-5-7-14)16(20)13-8-10-18-11-9-17-15(18)12-13/h3-7,9,11,13H,2,8,10,12H2,1H3. The predicted octanol–water partition coefficient (Wildman–Crippen LogP) is 2.50. The Hall–Kier alpha value is -2.10. The average molecular weight is 269 g/mol. The number of amides is 1.